The highest BCUT2D eigenvalue weighted by molar-refractivity contribution is 5.93. The zero-order valence-electron chi connectivity index (χ0n) is 16.1. The molecule has 0 aromatic heterocycles. The average Bonchev–Trinajstić information content (AvgIpc) is 2.67. The summed E-state index contributed by atoms with van der Waals surface area (Å²) < 4.78 is 15.0. The molecular formula is C23H29FN2O. The van der Waals surface area contributed by atoms with Crippen molar-refractivity contribution in [2.45, 2.75) is 52.0 Å². The van der Waals surface area contributed by atoms with Crippen molar-refractivity contribution in [3.63, 3.8) is 0 Å². The second-order valence-corrected chi connectivity index (χ2v) is 7.64. The van der Waals surface area contributed by atoms with Gasteiger partial charge in [-0.15, -0.1) is 0 Å². The van der Waals surface area contributed by atoms with E-state index < -0.39 is 5.91 Å². The van der Waals surface area contributed by atoms with E-state index in [0.717, 1.165) is 23.6 Å². The van der Waals surface area contributed by atoms with Crippen LogP contribution in [0.15, 0.2) is 36.4 Å². The number of benzene rings is 2. The topological polar surface area (TPSA) is 55.1 Å². The summed E-state index contributed by atoms with van der Waals surface area (Å²) in [5, 5.41) is 3.41. The molecule has 1 aliphatic rings. The van der Waals surface area contributed by atoms with Crippen LogP contribution in [0.4, 0.5) is 4.39 Å². The van der Waals surface area contributed by atoms with E-state index in [2.05, 4.69) is 5.32 Å². The number of hydrogen-bond donors (Lipinski definition) is 2. The Morgan fingerprint density at radius 1 is 1.15 bits per heavy atom. The van der Waals surface area contributed by atoms with E-state index in [9.17, 15) is 4.79 Å². The molecule has 1 amide bonds. The van der Waals surface area contributed by atoms with Crippen LogP contribution >= 0.6 is 0 Å². The molecule has 3 N–H and O–H groups in total. The largest absolute Gasteiger partial charge is 0.366 e. The van der Waals surface area contributed by atoms with Gasteiger partial charge >= 0.3 is 0 Å². The number of nitrogens with two attached hydrogens (primary N) is 1. The molecule has 4 heteroatoms. The van der Waals surface area contributed by atoms with Crippen LogP contribution in [-0.2, 0) is 6.54 Å². The second kappa shape index (κ2) is 9.14. The molecule has 0 spiro atoms. The minimum atomic E-state index is -0.471. The Hall–Kier alpha value is -2.20. The summed E-state index contributed by atoms with van der Waals surface area (Å²) in [6.45, 7) is 3.34. The monoisotopic (exact) mass is 368 g/mol. The zero-order chi connectivity index (χ0) is 19.2. The molecule has 1 saturated carbocycles. The summed E-state index contributed by atoms with van der Waals surface area (Å²) in [5.41, 5.74) is 8.64. The normalized spacial score (nSPS) is 15.0. The first kappa shape index (κ1) is 19.6. The molecule has 0 bridgehead atoms. The number of carbonyl (C=O) groups is 1. The summed E-state index contributed by atoms with van der Waals surface area (Å²) in [6.07, 6.45) is 7.94. The molecule has 0 heterocycles. The predicted octanol–water partition coefficient (Wildman–Crippen LogP) is 4.96. The van der Waals surface area contributed by atoms with Gasteiger partial charge in [0.2, 0.25) is 5.91 Å². The van der Waals surface area contributed by atoms with Crippen LogP contribution in [0.1, 0.15) is 60.0 Å². The molecule has 144 valence electrons. The maximum atomic E-state index is 15.0. The highest BCUT2D eigenvalue weighted by atomic mass is 19.1. The van der Waals surface area contributed by atoms with Crippen molar-refractivity contribution in [2.75, 3.05) is 6.54 Å². The van der Waals surface area contributed by atoms with Crippen LogP contribution in [0.3, 0.4) is 0 Å². The fourth-order valence-corrected chi connectivity index (χ4v) is 4.05. The Morgan fingerprint density at radius 3 is 2.63 bits per heavy atom. The van der Waals surface area contributed by atoms with Crippen LogP contribution in [0.2, 0.25) is 0 Å². The lowest BCUT2D eigenvalue weighted by molar-refractivity contribution is 0.1000. The lowest BCUT2D eigenvalue weighted by atomic mass is 9.87. The van der Waals surface area contributed by atoms with Crippen molar-refractivity contribution < 1.29 is 9.18 Å². The minimum Gasteiger partial charge on any atom is -0.366 e. The van der Waals surface area contributed by atoms with Crippen LogP contribution in [0.25, 0.3) is 11.1 Å². The van der Waals surface area contributed by atoms with Crippen molar-refractivity contribution >= 4 is 5.91 Å². The van der Waals surface area contributed by atoms with Crippen LogP contribution in [0.5, 0.6) is 0 Å². The van der Waals surface area contributed by atoms with E-state index in [1.54, 1.807) is 24.3 Å². The molecule has 0 unspecified atom stereocenters. The Morgan fingerprint density at radius 2 is 1.93 bits per heavy atom. The SMILES string of the molecule is Cc1cc(C(N)=O)ccc1-c1cccc(CNCCC2CCCCC2)c1F. The third-order valence-electron chi connectivity index (χ3n) is 5.65. The Bertz CT molecular complexity index is 797. The number of amides is 1. The highest BCUT2D eigenvalue weighted by Crippen LogP contribution is 2.29. The highest BCUT2D eigenvalue weighted by Gasteiger charge is 2.14. The van der Waals surface area contributed by atoms with Gasteiger partial charge in [0.1, 0.15) is 5.82 Å². The Labute approximate surface area is 161 Å². The van der Waals surface area contributed by atoms with E-state index >= 15 is 4.39 Å². The summed E-state index contributed by atoms with van der Waals surface area (Å²) in [6, 6.07) is 10.6. The van der Waals surface area contributed by atoms with E-state index in [4.69, 9.17) is 5.73 Å². The number of carbonyl (C=O) groups excluding carboxylic acids is 1. The number of nitrogens with one attached hydrogen (secondary N) is 1. The number of rotatable bonds is 7. The van der Waals surface area contributed by atoms with E-state index in [1.165, 1.54) is 38.5 Å². The molecule has 1 fully saturated rings. The summed E-state index contributed by atoms with van der Waals surface area (Å²) >= 11 is 0. The van der Waals surface area contributed by atoms with Gasteiger partial charge in [0, 0.05) is 23.2 Å². The van der Waals surface area contributed by atoms with Gasteiger partial charge in [-0.3, -0.25) is 4.79 Å². The fraction of sp³-hybridized carbons (Fsp3) is 0.435. The first-order valence-corrected chi connectivity index (χ1v) is 9.95. The van der Waals surface area contributed by atoms with Crippen molar-refractivity contribution in [1.82, 2.24) is 5.32 Å². The minimum absolute atomic E-state index is 0.197. The van der Waals surface area contributed by atoms with Gasteiger partial charge in [-0.25, -0.2) is 4.39 Å². The first-order chi connectivity index (χ1) is 13.1. The predicted molar refractivity (Wildman–Crippen MR) is 108 cm³/mol. The van der Waals surface area contributed by atoms with Gasteiger partial charge in [-0.05, 0) is 49.1 Å². The molecular weight excluding hydrogens is 339 g/mol. The number of aryl methyl sites for hydroxylation is 1. The third-order valence-corrected chi connectivity index (χ3v) is 5.65. The van der Waals surface area contributed by atoms with Crippen LogP contribution in [-0.4, -0.2) is 12.5 Å². The van der Waals surface area contributed by atoms with E-state index in [0.29, 0.717) is 23.2 Å². The van der Waals surface area contributed by atoms with Crippen molar-refractivity contribution in [2.24, 2.45) is 11.7 Å². The van der Waals surface area contributed by atoms with Crippen molar-refractivity contribution in [1.29, 1.82) is 0 Å². The van der Waals surface area contributed by atoms with Crippen LogP contribution < -0.4 is 11.1 Å². The van der Waals surface area contributed by atoms with Crippen LogP contribution in [0, 0.1) is 18.7 Å². The fourth-order valence-electron chi connectivity index (χ4n) is 4.05. The van der Waals surface area contributed by atoms with E-state index in [-0.39, 0.29) is 5.82 Å². The number of hydrogen-bond acceptors (Lipinski definition) is 2. The molecule has 1 aliphatic carbocycles. The molecule has 2 aromatic rings. The molecule has 3 rings (SSSR count). The van der Waals surface area contributed by atoms with Gasteiger partial charge in [0.15, 0.2) is 0 Å². The van der Waals surface area contributed by atoms with Crippen molar-refractivity contribution in [3.05, 3.63) is 58.9 Å². The van der Waals surface area contributed by atoms with Gasteiger partial charge in [0.05, 0.1) is 0 Å². The second-order valence-electron chi connectivity index (χ2n) is 7.64. The maximum Gasteiger partial charge on any atom is 0.248 e. The zero-order valence-corrected chi connectivity index (χ0v) is 16.1. The summed E-state index contributed by atoms with van der Waals surface area (Å²) in [4.78, 5) is 11.3. The molecule has 0 atom stereocenters. The van der Waals surface area contributed by atoms with Crippen molar-refractivity contribution in [3.8, 4) is 11.1 Å². The lowest BCUT2D eigenvalue weighted by Crippen LogP contribution is -2.19. The van der Waals surface area contributed by atoms with Gasteiger partial charge < -0.3 is 11.1 Å². The van der Waals surface area contributed by atoms with Gasteiger partial charge in [0.25, 0.3) is 0 Å². The van der Waals surface area contributed by atoms with Gasteiger partial charge in [-0.2, -0.15) is 0 Å². The molecule has 0 saturated heterocycles. The number of halogens is 1. The standard InChI is InChI=1S/C23H29FN2O/c1-16-14-18(23(25)27)10-11-20(16)21-9-5-8-19(22(21)24)15-26-13-12-17-6-3-2-4-7-17/h5,8-11,14,17,26H,2-4,6-7,12-13,15H2,1H3,(H2,25,27). The lowest BCUT2D eigenvalue weighted by Gasteiger charge is -2.21. The molecule has 0 aliphatic heterocycles. The maximum absolute atomic E-state index is 15.0. The van der Waals surface area contributed by atoms with Gasteiger partial charge in [-0.1, -0.05) is 56.4 Å². The average molecular weight is 368 g/mol. The molecule has 3 nitrogen and oxygen atoms in total. The van der Waals surface area contributed by atoms with E-state index in [1.807, 2.05) is 19.1 Å². The Balaban J connectivity index is 1.66. The third kappa shape index (κ3) is 4.95. The summed E-state index contributed by atoms with van der Waals surface area (Å²) in [5.74, 6) is 0.160. The molecule has 2 aromatic carbocycles. The molecule has 27 heavy (non-hydrogen) atoms. The smallest absolute Gasteiger partial charge is 0.248 e. The summed E-state index contributed by atoms with van der Waals surface area (Å²) in [7, 11) is 0. The quantitative estimate of drug-likeness (QED) is 0.679. The Kier molecular flexibility index (Phi) is 6.62. The number of primary amides is 1. The first-order valence-electron chi connectivity index (χ1n) is 9.95. The molecule has 0 radical (unpaired) electrons.